The van der Waals surface area contributed by atoms with Gasteiger partial charge in [-0.15, -0.1) is 0 Å². The van der Waals surface area contributed by atoms with Crippen molar-refractivity contribution in [2.45, 2.75) is 45.3 Å². The fourth-order valence-corrected chi connectivity index (χ4v) is 2.65. The molecule has 7 heteroatoms. The van der Waals surface area contributed by atoms with Crippen LogP contribution in [0.4, 0.5) is 4.79 Å². The molecule has 0 saturated carbocycles. The number of hydrogen-bond acceptors (Lipinski definition) is 3. The van der Waals surface area contributed by atoms with E-state index in [1.54, 1.807) is 10.9 Å². The number of hydrogen-bond donors (Lipinski definition) is 2. The number of amides is 2. The van der Waals surface area contributed by atoms with Crippen LogP contribution in [0, 0.1) is 5.92 Å². The van der Waals surface area contributed by atoms with Gasteiger partial charge in [0.05, 0.1) is 6.54 Å². The molecular weight excluding hydrogens is 272 g/mol. The van der Waals surface area contributed by atoms with Crippen LogP contribution in [0.1, 0.15) is 26.7 Å². The Balaban J connectivity index is 1.93. The average molecular weight is 294 g/mol. The summed E-state index contributed by atoms with van der Waals surface area (Å²) in [6, 6.07) is 0.659. The minimum absolute atomic E-state index is 0.119. The number of rotatable bonds is 4. The van der Waals surface area contributed by atoms with Crippen molar-refractivity contribution in [2.24, 2.45) is 5.92 Å². The lowest BCUT2D eigenvalue weighted by Crippen LogP contribution is -2.55. The molecule has 21 heavy (non-hydrogen) atoms. The number of aliphatic carboxylic acids is 1. The molecule has 3 unspecified atom stereocenters. The second-order valence-corrected chi connectivity index (χ2v) is 5.76. The molecule has 2 heterocycles. The first-order valence-electron chi connectivity index (χ1n) is 7.24. The molecule has 1 aromatic rings. The summed E-state index contributed by atoms with van der Waals surface area (Å²) in [5.74, 6) is -0.604. The van der Waals surface area contributed by atoms with Gasteiger partial charge in [-0.25, -0.2) is 9.59 Å². The summed E-state index contributed by atoms with van der Waals surface area (Å²) >= 11 is 0. The Morgan fingerprint density at radius 2 is 2.29 bits per heavy atom. The van der Waals surface area contributed by atoms with Gasteiger partial charge >= 0.3 is 12.0 Å². The van der Waals surface area contributed by atoms with Crippen LogP contribution < -0.4 is 5.32 Å². The lowest BCUT2D eigenvalue weighted by Gasteiger charge is -2.36. The summed E-state index contributed by atoms with van der Waals surface area (Å²) in [5.41, 5.74) is 0. The van der Waals surface area contributed by atoms with Gasteiger partial charge in [-0.1, -0.05) is 6.92 Å². The number of aromatic nitrogens is 2. The Hall–Kier alpha value is -2.05. The number of nitrogens with one attached hydrogen (secondary N) is 1. The Labute approximate surface area is 123 Å². The van der Waals surface area contributed by atoms with Crippen LogP contribution in [0.3, 0.4) is 0 Å². The number of likely N-dealkylation sites (tertiary alicyclic amines) is 1. The molecule has 1 aliphatic heterocycles. The Morgan fingerprint density at radius 3 is 2.90 bits per heavy atom. The minimum Gasteiger partial charge on any atom is -0.480 e. The summed E-state index contributed by atoms with van der Waals surface area (Å²) in [6.07, 6.45) is 4.85. The maximum Gasteiger partial charge on any atom is 0.326 e. The fourth-order valence-electron chi connectivity index (χ4n) is 2.65. The molecule has 3 atom stereocenters. The molecule has 0 aromatic carbocycles. The van der Waals surface area contributed by atoms with Gasteiger partial charge in [-0.05, 0) is 31.7 Å². The summed E-state index contributed by atoms with van der Waals surface area (Å²) in [6.45, 7) is 4.94. The molecule has 1 aliphatic rings. The van der Waals surface area contributed by atoms with Crippen molar-refractivity contribution in [1.29, 1.82) is 0 Å². The van der Waals surface area contributed by atoms with Crippen molar-refractivity contribution in [3.05, 3.63) is 18.5 Å². The number of piperidine rings is 1. The van der Waals surface area contributed by atoms with Crippen molar-refractivity contribution in [3.8, 4) is 0 Å². The quantitative estimate of drug-likeness (QED) is 0.872. The van der Waals surface area contributed by atoms with Crippen molar-refractivity contribution in [3.63, 3.8) is 0 Å². The average Bonchev–Trinajstić information content (AvgIpc) is 2.90. The molecule has 0 spiro atoms. The molecule has 0 aliphatic carbocycles. The zero-order valence-corrected chi connectivity index (χ0v) is 12.4. The predicted molar refractivity (Wildman–Crippen MR) is 76.7 cm³/mol. The van der Waals surface area contributed by atoms with Gasteiger partial charge < -0.3 is 15.3 Å². The second-order valence-electron chi connectivity index (χ2n) is 5.76. The standard InChI is InChI=1S/C14H22N4O3/c1-10-4-7-18(12(8-10)13(19)20)14(21)16-11(2)9-17-6-3-5-15-17/h3,5-6,10-12H,4,7-9H2,1-2H3,(H,16,21)(H,19,20). The number of carboxylic acids is 1. The van der Waals surface area contributed by atoms with Gasteiger partial charge in [0.25, 0.3) is 0 Å². The summed E-state index contributed by atoms with van der Waals surface area (Å²) in [4.78, 5) is 25.0. The number of carboxylic acid groups (broad SMARTS) is 1. The topological polar surface area (TPSA) is 87.5 Å². The molecule has 2 amide bonds. The van der Waals surface area contributed by atoms with Gasteiger partial charge in [-0.3, -0.25) is 4.68 Å². The molecule has 1 aromatic heterocycles. The summed E-state index contributed by atoms with van der Waals surface area (Å²) < 4.78 is 1.73. The third-order valence-corrected chi connectivity index (χ3v) is 3.80. The maximum atomic E-state index is 12.3. The van der Waals surface area contributed by atoms with Crippen LogP contribution in [-0.4, -0.2) is 50.4 Å². The second kappa shape index (κ2) is 6.60. The highest BCUT2D eigenvalue weighted by Gasteiger charge is 2.35. The largest absolute Gasteiger partial charge is 0.480 e. The highest BCUT2D eigenvalue weighted by atomic mass is 16.4. The van der Waals surface area contributed by atoms with Crippen LogP contribution in [-0.2, 0) is 11.3 Å². The van der Waals surface area contributed by atoms with Crippen molar-refractivity contribution >= 4 is 12.0 Å². The molecular formula is C14H22N4O3. The number of carbonyl (C=O) groups is 2. The van der Waals surface area contributed by atoms with Gasteiger partial charge in [-0.2, -0.15) is 5.10 Å². The summed E-state index contributed by atoms with van der Waals surface area (Å²) in [5, 5.41) is 16.2. The molecule has 2 rings (SSSR count). The lowest BCUT2D eigenvalue weighted by molar-refractivity contribution is -0.143. The molecule has 0 bridgehead atoms. The first-order valence-corrected chi connectivity index (χ1v) is 7.24. The van der Waals surface area contributed by atoms with Crippen LogP contribution in [0.25, 0.3) is 0 Å². The normalized spacial score (nSPS) is 23.6. The van der Waals surface area contributed by atoms with Crippen LogP contribution in [0.5, 0.6) is 0 Å². The van der Waals surface area contributed by atoms with Crippen LogP contribution >= 0.6 is 0 Å². The highest BCUT2D eigenvalue weighted by molar-refractivity contribution is 5.83. The van der Waals surface area contributed by atoms with E-state index in [0.29, 0.717) is 25.4 Å². The minimum atomic E-state index is -0.934. The zero-order valence-electron chi connectivity index (χ0n) is 12.4. The van der Waals surface area contributed by atoms with Gasteiger partial charge in [0.2, 0.25) is 0 Å². The van der Waals surface area contributed by atoms with E-state index >= 15 is 0 Å². The van der Waals surface area contributed by atoms with Gasteiger partial charge in [0.1, 0.15) is 6.04 Å². The predicted octanol–water partition coefficient (Wildman–Crippen LogP) is 1.17. The zero-order chi connectivity index (χ0) is 15.4. The first-order chi connectivity index (χ1) is 9.97. The van der Waals surface area contributed by atoms with Crippen LogP contribution in [0.15, 0.2) is 18.5 Å². The Bertz CT molecular complexity index is 488. The third kappa shape index (κ3) is 3.96. The smallest absolute Gasteiger partial charge is 0.326 e. The van der Waals surface area contributed by atoms with Crippen molar-refractivity contribution in [2.75, 3.05) is 6.54 Å². The van der Waals surface area contributed by atoms with E-state index in [-0.39, 0.29) is 12.1 Å². The molecule has 2 N–H and O–H groups in total. The van der Waals surface area contributed by atoms with E-state index in [2.05, 4.69) is 10.4 Å². The fraction of sp³-hybridized carbons (Fsp3) is 0.643. The first kappa shape index (κ1) is 15.3. The van der Waals surface area contributed by atoms with E-state index in [1.807, 2.05) is 26.1 Å². The Kier molecular flexibility index (Phi) is 4.82. The van der Waals surface area contributed by atoms with Gasteiger partial charge in [0.15, 0.2) is 0 Å². The number of carbonyl (C=O) groups excluding carboxylic acids is 1. The van der Waals surface area contributed by atoms with Crippen LogP contribution in [0.2, 0.25) is 0 Å². The van der Waals surface area contributed by atoms with E-state index in [0.717, 1.165) is 6.42 Å². The van der Waals surface area contributed by atoms with Crippen molar-refractivity contribution < 1.29 is 14.7 Å². The number of nitrogens with zero attached hydrogens (tertiary/aromatic N) is 3. The maximum absolute atomic E-state index is 12.3. The SMILES string of the molecule is CC1CCN(C(=O)NC(C)Cn2cccn2)C(C(=O)O)C1. The summed E-state index contributed by atoms with van der Waals surface area (Å²) in [7, 11) is 0. The third-order valence-electron chi connectivity index (χ3n) is 3.80. The van der Waals surface area contributed by atoms with E-state index < -0.39 is 12.0 Å². The molecule has 1 saturated heterocycles. The molecule has 7 nitrogen and oxygen atoms in total. The lowest BCUT2D eigenvalue weighted by atomic mass is 9.93. The van der Waals surface area contributed by atoms with Crippen molar-refractivity contribution in [1.82, 2.24) is 20.0 Å². The molecule has 1 fully saturated rings. The van der Waals surface area contributed by atoms with E-state index in [1.165, 1.54) is 4.90 Å². The highest BCUT2D eigenvalue weighted by Crippen LogP contribution is 2.22. The van der Waals surface area contributed by atoms with Gasteiger partial charge in [0, 0.05) is 25.0 Å². The monoisotopic (exact) mass is 294 g/mol. The number of urea groups is 1. The van der Waals surface area contributed by atoms with E-state index in [4.69, 9.17) is 0 Å². The molecule has 116 valence electrons. The Morgan fingerprint density at radius 1 is 1.52 bits per heavy atom. The van der Waals surface area contributed by atoms with E-state index in [9.17, 15) is 14.7 Å². The molecule has 0 radical (unpaired) electrons.